The van der Waals surface area contributed by atoms with E-state index in [0.29, 0.717) is 18.0 Å². The van der Waals surface area contributed by atoms with Crippen LogP contribution in [0.5, 0.6) is 0 Å². The van der Waals surface area contributed by atoms with Crippen LogP contribution in [-0.2, 0) is 4.79 Å². The molecule has 0 saturated carbocycles. The lowest BCUT2D eigenvalue weighted by Gasteiger charge is -2.18. The summed E-state index contributed by atoms with van der Waals surface area (Å²) in [4.78, 5) is 26.9. The zero-order chi connectivity index (χ0) is 15.8. The zero-order valence-corrected chi connectivity index (χ0v) is 13.5. The highest BCUT2D eigenvalue weighted by atomic mass is 32.1. The second-order valence-electron chi connectivity index (χ2n) is 4.38. The summed E-state index contributed by atoms with van der Waals surface area (Å²) in [6.45, 7) is 7.31. The second-order valence-corrected chi connectivity index (χ2v) is 5.43. The van der Waals surface area contributed by atoms with E-state index in [4.69, 9.17) is 5.73 Å². The Balaban J connectivity index is 2.66. The number of carbonyl (C=O) groups is 2. The fraction of sp³-hybridized carbons (Fsp3) is 0.467. The van der Waals surface area contributed by atoms with Crippen molar-refractivity contribution in [1.29, 1.82) is 0 Å². The van der Waals surface area contributed by atoms with E-state index in [2.05, 4.69) is 17.2 Å². The van der Waals surface area contributed by atoms with E-state index in [0.717, 1.165) is 10.4 Å². The van der Waals surface area contributed by atoms with Gasteiger partial charge in [0.25, 0.3) is 5.91 Å². The minimum atomic E-state index is -0.246. The molecule has 0 unspecified atom stereocenters. The molecule has 0 saturated heterocycles. The molecular weight excluding hydrogens is 286 g/mol. The number of thiophene rings is 1. The fourth-order valence-electron chi connectivity index (χ4n) is 1.78. The monoisotopic (exact) mass is 307 g/mol. The van der Waals surface area contributed by atoms with E-state index in [1.54, 1.807) is 11.0 Å². The molecule has 1 rings (SSSR count). The van der Waals surface area contributed by atoms with Gasteiger partial charge in [-0.05, 0) is 32.4 Å². The maximum Gasteiger partial charge on any atom is 0.261 e. The van der Waals surface area contributed by atoms with Crippen molar-refractivity contribution < 1.29 is 9.59 Å². The number of likely N-dealkylation sites (N-methyl/N-ethyl adjacent to an activating group) is 1. The molecule has 0 radical (unpaired) electrons. The van der Waals surface area contributed by atoms with Crippen LogP contribution in [-0.4, -0.2) is 42.9 Å². The Morgan fingerprint density at radius 1 is 1.38 bits per heavy atom. The number of hydrogen-bond acceptors (Lipinski definition) is 4. The van der Waals surface area contributed by atoms with Crippen LogP contribution in [0.1, 0.15) is 34.0 Å². The number of rotatable bonds is 5. The summed E-state index contributed by atoms with van der Waals surface area (Å²) in [5.41, 5.74) is 6.28. The summed E-state index contributed by atoms with van der Waals surface area (Å²) in [5, 5.41) is 2.65. The molecule has 114 valence electrons. The Morgan fingerprint density at radius 2 is 2.05 bits per heavy atom. The Hall–Kier alpha value is -1.84. The van der Waals surface area contributed by atoms with Crippen molar-refractivity contribution in [1.82, 2.24) is 10.2 Å². The predicted octanol–water partition coefficient (Wildman–Crippen LogP) is 0.965. The maximum atomic E-state index is 12.0. The normalized spacial score (nSPS) is 9.71. The molecule has 0 spiro atoms. The summed E-state index contributed by atoms with van der Waals surface area (Å²) in [6.07, 6.45) is 0. The van der Waals surface area contributed by atoms with Crippen molar-refractivity contribution in [3.05, 3.63) is 21.4 Å². The maximum absolute atomic E-state index is 12.0. The van der Waals surface area contributed by atoms with E-state index in [1.165, 1.54) is 11.3 Å². The third kappa shape index (κ3) is 4.88. The standard InChI is InChI=1S/C15H21N3O2S/c1-4-18(5-2)14(19)10-17-15(20)13-9-11(3)12(21-13)7-6-8-16/h9H,4-5,8,10,16H2,1-3H3,(H,17,20). The molecule has 5 nitrogen and oxygen atoms in total. The van der Waals surface area contributed by atoms with Gasteiger partial charge in [-0.2, -0.15) is 0 Å². The van der Waals surface area contributed by atoms with Crippen LogP contribution in [0, 0.1) is 18.8 Å². The van der Waals surface area contributed by atoms with Crippen molar-refractivity contribution in [2.45, 2.75) is 20.8 Å². The first kappa shape index (κ1) is 17.2. The minimum Gasteiger partial charge on any atom is -0.342 e. The molecule has 0 aliphatic heterocycles. The Morgan fingerprint density at radius 3 is 2.62 bits per heavy atom. The molecule has 0 aliphatic carbocycles. The average Bonchev–Trinajstić information content (AvgIpc) is 2.85. The molecule has 0 aromatic carbocycles. The highest BCUT2D eigenvalue weighted by Gasteiger charge is 2.14. The summed E-state index contributed by atoms with van der Waals surface area (Å²) in [7, 11) is 0. The summed E-state index contributed by atoms with van der Waals surface area (Å²) in [5.74, 6) is 5.39. The van der Waals surface area contributed by atoms with Crippen LogP contribution in [0.4, 0.5) is 0 Å². The molecule has 0 aliphatic rings. The van der Waals surface area contributed by atoms with Crippen LogP contribution in [0.25, 0.3) is 0 Å². The third-order valence-corrected chi connectivity index (χ3v) is 4.11. The van der Waals surface area contributed by atoms with Crippen molar-refractivity contribution in [3.63, 3.8) is 0 Å². The molecule has 21 heavy (non-hydrogen) atoms. The third-order valence-electron chi connectivity index (χ3n) is 2.96. The van der Waals surface area contributed by atoms with E-state index >= 15 is 0 Å². The Kier molecular flexibility index (Phi) is 6.92. The number of nitrogens with two attached hydrogens (primary N) is 1. The fourth-order valence-corrected chi connectivity index (χ4v) is 2.74. The van der Waals surface area contributed by atoms with Gasteiger partial charge in [-0.25, -0.2) is 0 Å². The molecule has 0 atom stereocenters. The van der Waals surface area contributed by atoms with Crippen molar-refractivity contribution >= 4 is 23.2 Å². The predicted molar refractivity (Wildman–Crippen MR) is 85.2 cm³/mol. The molecule has 1 heterocycles. The Labute approximate surface area is 129 Å². The molecule has 0 bridgehead atoms. The quantitative estimate of drug-likeness (QED) is 0.796. The number of carbonyl (C=O) groups excluding carboxylic acids is 2. The molecule has 6 heteroatoms. The highest BCUT2D eigenvalue weighted by molar-refractivity contribution is 7.14. The Bertz CT molecular complexity index is 565. The number of nitrogens with one attached hydrogen (secondary N) is 1. The van der Waals surface area contributed by atoms with E-state index in [-0.39, 0.29) is 24.9 Å². The van der Waals surface area contributed by atoms with Gasteiger partial charge in [-0.15, -0.1) is 11.3 Å². The van der Waals surface area contributed by atoms with Gasteiger partial charge in [0.1, 0.15) is 0 Å². The minimum absolute atomic E-state index is 0.0152. The highest BCUT2D eigenvalue weighted by Crippen LogP contribution is 2.20. The zero-order valence-electron chi connectivity index (χ0n) is 12.7. The van der Waals surface area contributed by atoms with Gasteiger partial charge < -0.3 is 16.0 Å². The summed E-state index contributed by atoms with van der Waals surface area (Å²) in [6, 6.07) is 1.78. The van der Waals surface area contributed by atoms with E-state index in [9.17, 15) is 9.59 Å². The molecule has 2 amide bonds. The van der Waals surface area contributed by atoms with Gasteiger partial charge in [-0.1, -0.05) is 11.8 Å². The van der Waals surface area contributed by atoms with Gasteiger partial charge in [-0.3, -0.25) is 9.59 Å². The van der Waals surface area contributed by atoms with Crippen LogP contribution in [0.2, 0.25) is 0 Å². The van der Waals surface area contributed by atoms with Crippen LogP contribution in [0.3, 0.4) is 0 Å². The molecule has 3 N–H and O–H groups in total. The first-order valence-corrected chi connectivity index (χ1v) is 7.70. The number of hydrogen-bond donors (Lipinski definition) is 2. The summed E-state index contributed by atoms with van der Waals surface area (Å²) < 4.78 is 0. The SMILES string of the molecule is CCN(CC)C(=O)CNC(=O)c1cc(C)c(C#CCN)s1. The molecule has 1 aromatic heterocycles. The first-order valence-electron chi connectivity index (χ1n) is 6.88. The van der Waals surface area contributed by atoms with Gasteiger partial charge in [0.05, 0.1) is 22.8 Å². The topological polar surface area (TPSA) is 75.4 Å². The van der Waals surface area contributed by atoms with Crippen molar-refractivity contribution in [2.24, 2.45) is 5.73 Å². The average molecular weight is 307 g/mol. The van der Waals surface area contributed by atoms with Crippen LogP contribution in [0.15, 0.2) is 6.07 Å². The number of aryl methyl sites for hydroxylation is 1. The largest absolute Gasteiger partial charge is 0.342 e. The lowest BCUT2D eigenvalue weighted by Crippen LogP contribution is -2.39. The lowest BCUT2D eigenvalue weighted by atomic mass is 10.2. The van der Waals surface area contributed by atoms with Crippen molar-refractivity contribution in [3.8, 4) is 11.8 Å². The van der Waals surface area contributed by atoms with Gasteiger partial charge in [0, 0.05) is 13.1 Å². The molecule has 0 fully saturated rings. The van der Waals surface area contributed by atoms with E-state index < -0.39 is 0 Å². The number of nitrogens with zero attached hydrogens (tertiary/aromatic N) is 1. The van der Waals surface area contributed by atoms with Gasteiger partial charge >= 0.3 is 0 Å². The first-order chi connectivity index (χ1) is 10.0. The van der Waals surface area contributed by atoms with Crippen LogP contribution >= 0.6 is 11.3 Å². The second kappa shape index (κ2) is 8.45. The van der Waals surface area contributed by atoms with E-state index in [1.807, 2.05) is 20.8 Å². The summed E-state index contributed by atoms with van der Waals surface area (Å²) >= 11 is 1.31. The lowest BCUT2D eigenvalue weighted by molar-refractivity contribution is -0.129. The molecule has 1 aromatic rings. The van der Waals surface area contributed by atoms with Crippen LogP contribution < -0.4 is 11.1 Å². The smallest absolute Gasteiger partial charge is 0.261 e. The van der Waals surface area contributed by atoms with Gasteiger partial charge in [0.2, 0.25) is 5.91 Å². The number of amides is 2. The van der Waals surface area contributed by atoms with Crippen molar-refractivity contribution in [2.75, 3.05) is 26.2 Å². The van der Waals surface area contributed by atoms with Gasteiger partial charge in [0.15, 0.2) is 0 Å². The molecular formula is C15H21N3O2S.